The minimum absolute atomic E-state index is 0. The highest BCUT2D eigenvalue weighted by Gasteiger charge is 2.01. The Kier molecular flexibility index (Phi) is 7.36. The summed E-state index contributed by atoms with van der Waals surface area (Å²) in [7, 11) is 0. The molecule has 0 aromatic heterocycles. The zero-order chi connectivity index (χ0) is 8.15. The Morgan fingerprint density at radius 2 is 2.18 bits per heavy atom. The molecule has 0 aliphatic rings. The smallest absolute Gasteiger partial charge is 0.330 e. The Morgan fingerprint density at radius 3 is 2.45 bits per heavy atom. The van der Waals surface area contributed by atoms with Crippen LogP contribution in [0.2, 0.25) is 0 Å². The molecule has 0 saturated carbocycles. The number of rotatable bonds is 3. The Morgan fingerprint density at radius 1 is 1.73 bits per heavy atom. The van der Waals surface area contributed by atoms with Gasteiger partial charge >= 0.3 is 5.97 Å². The van der Waals surface area contributed by atoms with E-state index in [1.54, 1.807) is 13.0 Å². The van der Waals surface area contributed by atoms with Crippen molar-refractivity contribution < 1.29 is 9.90 Å². The molecule has 0 aromatic carbocycles. The molecule has 0 aliphatic carbocycles. The number of hydrogen-bond acceptors (Lipinski definition) is 2. The van der Waals surface area contributed by atoms with E-state index in [0.717, 1.165) is 0 Å². The van der Waals surface area contributed by atoms with Gasteiger partial charge in [0.25, 0.3) is 0 Å². The standard InChI is InChI=1S/C7H13NO2.ClH/c1-5(4-8)3-6(2)7(9)10;/h3,5H,4,8H2,1-2H3,(H,9,10);1H. The first-order chi connectivity index (χ1) is 4.57. The van der Waals surface area contributed by atoms with Crippen LogP contribution in [-0.4, -0.2) is 17.6 Å². The number of carboxylic acids is 1. The summed E-state index contributed by atoms with van der Waals surface area (Å²) < 4.78 is 0. The van der Waals surface area contributed by atoms with Crippen LogP contribution in [0, 0.1) is 5.92 Å². The molecule has 0 radical (unpaired) electrons. The van der Waals surface area contributed by atoms with Crippen molar-refractivity contribution in [2.24, 2.45) is 11.7 Å². The van der Waals surface area contributed by atoms with Gasteiger partial charge in [-0.05, 0) is 19.4 Å². The van der Waals surface area contributed by atoms with Crippen LogP contribution in [0.25, 0.3) is 0 Å². The quantitative estimate of drug-likeness (QED) is 0.637. The van der Waals surface area contributed by atoms with Crippen LogP contribution < -0.4 is 5.73 Å². The minimum Gasteiger partial charge on any atom is -0.478 e. The van der Waals surface area contributed by atoms with Crippen molar-refractivity contribution in [1.29, 1.82) is 0 Å². The van der Waals surface area contributed by atoms with Crippen LogP contribution in [-0.2, 0) is 4.79 Å². The average molecular weight is 180 g/mol. The zero-order valence-corrected chi connectivity index (χ0v) is 7.52. The molecule has 0 aliphatic heterocycles. The molecule has 0 aromatic rings. The molecule has 3 N–H and O–H groups in total. The Balaban J connectivity index is 0. The number of halogens is 1. The SMILES string of the molecule is CC(=CC(C)CN)C(=O)O.Cl. The summed E-state index contributed by atoms with van der Waals surface area (Å²) in [5.74, 6) is -0.726. The molecule has 1 unspecified atom stereocenters. The second kappa shape index (κ2) is 6.19. The van der Waals surface area contributed by atoms with E-state index in [1.807, 2.05) is 6.92 Å². The van der Waals surface area contributed by atoms with Crippen molar-refractivity contribution in [2.45, 2.75) is 13.8 Å². The summed E-state index contributed by atoms with van der Waals surface area (Å²) in [5.41, 5.74) is 5.64. The van der Waals surface area contributed by atoms with E-state index in [1.165, 1.54) is 0 Å². The van der Waals surface area contributed by atoms with Crippen LogP contribution in [0.3, 0.4) is 0 Å². The van der Waals surface area contributed by atoms with Gasteiger partial charge in [-0.25, -0.2) is 4.79 Å². The lowest BCUT2D eigenvalue weighted by molar-refractivity contribution is -0.132. The van der Waals surface area contributed by atoms with E-state index in [-0.39, 0.29) is 18.3 Å². The van der Waals surface area contributed by atoms with E-state index in [4.69, 9.17) is 10.8 Å². The molecule has 1 atom stereocenters. The lowest BCUT2D eigenvalue weighted by Crippen LogP contribution is -2.09. The average Bonchev–Trinajstić information content (AvgIpc) is 1.87. The van der Waals surface area contributed by atoms with Gasteiger partial charge in [-0.2, -0.15) is 0 Å². The summed E-state index contributed by atoms with van der Waals surface area (Å²) >= 11 is 0. The van der Waals surface area contributed by atoms with Gasteiger partial charge in [0, 0.05) is 5.57 Å². The van der Waals surface area contributed by atoms with Crippen molar-refractivity contribution in [2.75, 3.05) is 6.54 Å². The largest absolute Gasteiger partial charge is 0.478 e. The summed E-state index contributed by atoms with van der Waals surface area (Å²) in [5, 5.41) is 8.42. The highest BCUT2D eigenvalue weighted by molar-refractivity contribution is 5.85. The highest BCUT2D eigenvalue weighted by atomic mass is 35.5. The fourth-order valence-corrected chi connectivity index (χ4v) is 0.566. The highest BCUT2D eigenvalue weighted by Crippen LogP contribution is 2.00. The minimum atomic E-state index is -0.875. The van der Waals surface area contributed by atoms with Gasteiger partial charge in [-0.3, -0.25) is 0 Å². The van der Waals surface area contributed by atoms with Gasteiger partial charge in [0.1, 0.15) is 0 Å². The predicted octanol–water partition coefficient (Wildman–Crippen LogP) is 1.03. The van der Waals surface area contributed by atoms with Gasteiger partial charge in [0.2, 0.25) is 0 Å². The molecule has 0 bridgehead atoms. The monoisotopic (exact) mass is 179 g/mol. The molecule has 3 nitrogen and oxygen atoms in total. The summed E-state index contributed by atoms with van der Waals surface area (Å²) in [6.07, 6.45) is 1.66. The zero-order valence-electron chi connectivity index (χ0n) is 6.70. The van der Waals surface area contributed by atoms with Crippen LogP contribution in [0.15, 0.2) is 11.6 Å². The van der Waals surface area contributed by atoms with E-state index in [0.29, 0.717) is 12.1 Å². The molecular weight excluding hydrogens is 166 g/mol. The lowest BCUT2D eigenvalue weighted by atomic mass is 10.1. The van der Waals surface area contributed by atoms with Crippen molar-refractivity contribution in [3.63, 3.8) is 0 Å². The first-order valence-electron chi connectivity index (χ1n) is 3.19. The first-order valence-corrected chi connectivity index (χ1v) is 3.19. The third-order valence-corrected chi connectivity index (χ3v) is 1.24. The lowest BCUT2D eigenvalue weighted by Gasteiger charge is -2.00. The summed E-state index contributed by atoms with van der Waals surface area (Å²) in [6.45, 7) is 3.94. The van der Waals surface area contributed by atoms with Crippen LogP contribution >= 0.6 is 12.4 Å². The number of carbonyl (C=O) groups is 1. The predicted molar refractivity (Wildman–Crippen MR) is 46.9 cm³/mol. The maximum Gasteiger partial charge on any atom is 0.330 e. The number of aliphatic carboxylic acids is 1. The Labute approximate surface area is 72.7 Å². The molecule has 66 valence electrons. The van der Waals surface area contributed by atoms with Gasteiger partial charge in [0.15, 0.2) is 0 Å². The van der Waals surface area contributed by atoms with E-state index >= 15 is 0 Å². The van der Waals surface area contributed by atoms with E-state index < -0.39 is 5.97 Å². The molecule has 0 heterocycles. The van der Waals surface area contributed by atoms with Crippen molar-refractivity contribution in [3.05, 3.63) is 11.6 Å². The molecule has 0 fully saturated rings. The van der Waals surface area contributed by atoms with Gasteiger partial charge in [-0.15, -0.1) is 12.4 Å². The van der Waals surface area contributed by atoms with Crippen molar-refractivity contribution in [1.82, 2.24) is 0 Å². The molecular formula is C7H14ClNO2. The molecule has 0 amide bonds. The van der Waals surface area contributed by atoms with Crippen LogP contribution in [0.1, 0.15) is 13.8 Å². The fourth-order valence-electron chi connectivity index (χ4n) is 0.566. The Hall–Kier alpha value is -0.540. The van der Waals surface area contributed by atoms with Crippen LogP contribution in [0.5, 0.6) is 0 Å². The number of hydrogen-bond donors (Lipinski definition) is 2. The molecule has 4 heteroatoms. The van der Waals surface area contributed by atoms with E-state index in [2.05, 4.69) is 0 Å². The Bertz CT molecular complexity index is 157. The summed E-state index contributed by atoms with van der Waals surface area (Å²) in [4.78, 5) is 10.2. The molecule has 0 rings (SSSR count). The number of carboxylic acid groups (broad SMARTS) is 1. The maximum absolute atomic E-state index is 10.2. The van der Waals surface area contributed by atoms with Crippen LogP contribution in [0.4, 0.5) is 0 Å². The van der Waals surface area contributed by atoms with Crippen molar-refractivity contribution >= 4 is 18.4 Å². The fraction of sp³-hybridized carbons (Fsp3) is 0.571. The second-order valence-corrected chi connectivity index (χ2v) is 2.37. The third kappa shape index (κ3) is 5.88. The topological polar surface area (TPSA) is 63.3 Å². The normalized spacial score (nSPS) is 13.5. The van der Waals surface area contributed by atoms with Crippen molar-refractivity contribution in [3.8, 4) is 0 Å². The number of nitrogens with two attached hydrogens (primary N) is 1. The van der Waals surface area contributed by atoms with Gasteiger partial charge in [-0.1, -0.05) is 13.0 Å². The van der Waals surface area contributed by atoms with Gasteiger partial charge in [0.05, 0.1) is 0 Å². The first kappa shape index (κ1) is 13.1. The van der Waals surface area contributed by atoms with E-state index in [9.17, 15) is 4.79 Å². The van der Waals surface area contributed by atoms with Gasteiger partial charge < -0.3 is 10.8 Å². The third-order valence-electron chi connectivity index (χ3n) is 1.24. The summed E-state index contributed by atoms with van der Waals surface area (Å²) in [6, 6.07) is 0. The maximum atomic E-state index is 10.2. The molecule has 0 saturated heterocycles. The molecule has 0 spiro atoms. The molecule has 11 heavy (non-hydrogen) atoms. The second-order valence-electron chi connectivity index (χ2n) is 2.37.